The smallest absolute Gasteiger partial charge is 0.0139 e. The molecule has 0 saturated carbocycles. The maximum atomic E-state index is 2.48. The van der Waals surface area contributed by atoms with Crippen molar-refractivity contribution in [2.75, 3.05) is 0 Å². The summed E-state index contributed by atoms with van der Waals surface area (Å²) in [7, 11) is 0. The van der Waals surface area contributed by atoms with Crippen LogP contribution in [0.2, 0.25) is 0 Å². The molecular weight excluding hydrogens is 348 g/mol. The summed E-state index contributed by atoms with van der Waals surface area (Å²) in [5, 5.41) is 5.53. The largest absolute Gasteiger partial charge is 0.0733 e. The van der Waals surface area contributed by atoms with Crippen LogP contribution < -0.4 is 0 Å². The normalized spacial score (nSPS) is 21.7. The lowest BCUT2D eigenvalue weighted by Gasteiger charge is -2.35. The Balaban J connectivity index is 1.75. The van der Waals surface area contributed by atoms with E-state index in [2.05, 4.69) is 103 Å². The molecule has 0 heterocycles. The van der Waals surface area contributed by atoms with Gasteiger partial charge in [0.1, 0.15) is 0 Å². The standard InChI is InChI=1S/C29H36/c1-18(2)22(6)20(4)17-21(5)29(7)16-15-27-26-12-11-23-19(3)9-8-10-24(23)25(26)13-14-28(27)29/h8-16,18,20-22H,17H2,1-7H3/t20-,21-,22+,29+/m1/s1. The lowest BCUT2D eigenvalue weighted by atomic mass is 9.69. The topological polar surface area (TPSA) is 0 Å². The van der Waals surface area contributed by atoms with E-state index in [0.29, 0.717) is 5.92 Å². The summed E-state index contributed by atoms with van der Waals surface area (Å²) in [6.07, 6.45) is 6.15. The summed E-state index contributed by atoms with van der Waals surface area (Å²) >= 11 is 0. The molecule has 0 aromatic heterocycles. The van der Waals surface area contributed by atoms with Crippen molar-refractivity contribution in [1.29, 1.82) is 0 Å². The predicted octanol–water partition coefficient (Wildman–Crippen LogP) is 8.54. The Bertz CT molecular complexity index is 1080. The van der Waals surface area contributed by atoms with E-state index in [-0.39, 0.29) is 5.41 Å². The number of benzene rings is 3. The quantitative estimate of drug-likeness (QED) is 0.387. The van der Waals surface area contributed by atoms with Crippen LogP contribution in [-0.4, -0.2) is 0 Å². The highest BCUT2D eigenvalue weighted by Gasteiger charge is 2.37. The maximum Gasteiger partial charge on any atom is 0.0139 e. The van der Waals surface area contributed by atoms with Crippen LogP contribution >= 0.6 is 0 Å². The zero-order valence-electron chi connectivity index (χ0n) is 19.2. The third-order valence-electron chi connectivity index (χ3n) is 8.19. The molecule has 0 heteroatoms. The zero-order chi connectivity index (χ0) is 20.9. The molecule has 4 atom stereocenters. The first-order chi connectivity index (χ1) is 13.7. The van der Waals surface area contributed by atoms with Gasteiger partial charge in [-0.15, -0.1) is 0 Å². The minimum atomic E-state index is 0.121. The van der Waals surface area contributed by atoms with Gasteiger partial charge in [0.05, 0.1) is 0 Å². The van der Waals surface area contributed by atoms with E-state index in [1.807, 2.05) is 0 Å². The molecule has 0 amide bonds. The molecule has 3 aromatic rings. The molecule has 3 aromatic carbocycles. The molecule has 0 radical (unpaired) electrons. The van der Waals surface area contributed by atoms with Gasteiger partial charge in [-0.1, -0.05) is 96.2 Å². The summed E-state index contributed by atoms with van der Waals surface area (Å²) in [4.78, 5) is 0. The first-order valence-electron chi connectivity index (χ1n) is 11.4. The third kappa shape index (κ3) is 3.21. The van der Waals surface area contributed by atoms with E-state index in [9.17, 15) is 0 Å². The second-order valence-corrected chi connectivity index (χ2v) is 10.2. The Morgan fingerprint density at radius 2 is 1.45 bits per heavy atom. The number of rotatable bonds is 5. The highest BCUT2D eigenvalue weighted by atomic mass is 14.4. The van der Waals surface area contributed by atoms with Crippen molar-refractivity contribution in [3.05, 3.63) is 65.2 Å². The molecule has 0 nitrogen and oxygen atoms in total. The lowest BCUT2D eigenvalue weighted by molar-refractivity contribution is 0.223. The van der Waals surface area contributed by atoms with Crippen molar-refractivity contribution in [2.24, 2.45) is 23.7 Å². The summed E-state index contributed by atoms with van der Waals surface area (Å²) < 4.78 is 0. The fourth-order valence-electron chi connectivity index (χ4n) is 5.45. The van der Waals surface area contributed by atoms with Gasteiger partial charge in [0.25, 0.3) is 0 Å². The van der Waals surface area contributed by atoms with E-state index >= 15 is 0 Å². The van der Waals surface area contributed by atoms with Crippen molar-refractivity contribution in [3.63, 3.8) is 0 Å². The molecular formula is C29H36. The highest BCUT2D eigenvalue weighted by Crippen LogP contribution is 2.47. The molecule has 4 rings (SSSR count). The maximum absolute atomic E-state index is 2.48. The average molecular weight is 385 g/mol. The molecule has 0 saturated heterocycles. The van der Waals surface area contributed by atoms with Crippen LogP contribution in [0.25, 0.3) is 27.6 Å². The fraction of sp³-hybridized carbons (Fsp3) is 0.448. The second kappa shape index (κ2) is 7.31. The molecule has 1 aliphatic carbocycles. The van der Waals surface area contributed by atoms with Crippen LogP contribution in [0.5, 0.6) is 0 Å². The van der Waals surface area contributed by atoms with Crippen molar-refractivity contribution in [3.8, 4) is 0 Å². The van der Waals surface area contributed by atoms with E-state index in [0.717, 1.165) is 17.8 Å². The van der Waals surface area contributed by atoms with Gasteiger partial charge in [0, 0.05) is 5.41 Å². The molecule has 152 valence electrons. The summed E-state index contributed by atoms with van der Waals surface area (Å²) in [6.45, 7) is 16.7. The van der Waals surface area contributed by atoms with Gasteiger partial charge in [-0.2, -0.15) is 0 Å². The first-order valence-corrected chi connectivity index (χ1v) is 11.4. The summed E-state index contributed by atoms with van der Waals surface area (Å²) in [5.74, 6) is 2.87. The number of aryl methyl sites for hydroxylation is 1. The number of fused-ring (bicyclic) bond motifs is 5. The van der Waals surface area contributed by atoms with Crippen molar-refractivity contribution in [1.82, 2.24) is 0 Å². The van der Waals surface area contributed by atoms with Gasteiger partial charge in [-0.3, -0.25) is 0 Å². The van der Waals surface area contributed by atoms with Crippen molar-refractivity contribution < 1.29 is 0 Å². The van der Waals surface area contributed by atoms with Gasteiger partial charge in [0.15, 0.2) is 0 Å². The van der Waals surface area contributed by atoms with Gasteiger partial charge >= 0.3 is 0 Å². The third-order valence-corrected chi connectivity index (χ3v) is 8.19. The highest BCUT2D eigenvalue weighted by molar-refractivity contribution is 6.11. The van der Waals surface area contributed by atoms with Gasteiger partial charge in [0.2, 0.25) is 0 Å². The first kappa shape index (κ1) is 20.2. The Hall–Kier alpha value is -2.08. The molecule has 0 aliphatic heterocycles. The van der Waals surface area contributed by atoms with Gasteiger partial charge in [-0.25, -0.2) is 0 Å². The monoisotopic (exact) mass is 384 g/mol. The minimum absolute atomic E-state index is 0.121. The van der Waals surface area contributed by atoms with Crippen LogP contribution in [0.4, 0.5) is 0 Å². The van der Waals surface area contributed by atoms with E-state index < -0.39 is 0 Å². The van der Waals surface area contributed by atoms with E-state index in [1.54, 1.807) is 0 Å². The molecule has 1 aliphatic rings. The van der Waals surface area contributed by atoms with Crippen LogP contribution in [0.15, 0.2) is 48.5 Å². The lowest BCUT2D eigenvalue weighted by Crippen LogP contribution is -2.30. The predicted molar refractivity (Wildman–Crippen MR) is 130 cm³/mol. The Labute approximate surface area is 177 Å². The molecule has 0 fully saturated rings. The summed E-state index contributed by atoms with van der Waals surface area (Å²) in [5.41, 5.74) is 4.42. The number of hydrogen-bond acceptors (Lipinski definition) is 0. The number of hydrogen-bond donors (Lipinski definition) is 0. The zero-order valence-corrected chi connectivity index (χ0v) is 19.2. The van der Waals surface area contributed by atoms with Gasteiger partial charge in [-0.05, 0) is 75.3 Å². The molecule has 0 unspecified atom stereocenters. The van der Waals surface area contributed by atoms with Crippen LogP contribution in [0.1, 0.15) is 64.7 Å². The molecule has 0 spiro atoms. The van der Waals surface area contributed by atoms with Gasteiger partial charge < -0.3 is 0 Å². The SMILES string of the molecule is Cc1cccc2c1ccc1c3c(ccc12)[C@](C)([C@H](C)C[C@@H](C)[C@@H](C)C(C)C)C=C3. The Kier molecular flexibility index (Phi) is 5.09. The van der Waals surface area contributed by atoms with Crippen molar-refractivity contribution in [2.45, 2.75) is 60.3 Å². The van der Waals surface area contributed by atoms with Crippen LogP contribution in [-0.2, 0) is 5.41 Å². The van der Waals surface area contributed by atoms with E-state index in [1.165, 1.54) is 44.7 Å². The Morgan fingerprint density at radius 1 is 0.793 bits per heavy atom. The second-order valence-electron chi connectivity index (χ2n) is 10.2. The van der Waals surface area contributed by atoms with Crippen LogP contribution in [0.3, 0.4) is 0 Å². The van der Waals surface area contributed by atoms with Crippen LogP contribution in [0, 0.1) is 30.6 Å². The summed E-state index contributed by atoms with van der Waals surface area (Å²) in [6, 6.07) is 16.1. The van der Waals surface area contributed by atoms with E-state index in [4.69, 9.17) is 0 Å². The van der Waals surface area contributed by atoms with Crippen molar-refractivity contribution >= 4 is 27.6 Å². The molecule has 29 heavy (non-hydrogen) atoms. The minimum Gasteiger partial charge on any atom is -0.0733 e. The fourth-order valence-corrected chi connectivity index (χ4v) is 5.45. The number of allylic oxidation sites excluding steroid dienone is 1. The molecule has 0 N–H and O–H groups in total. The average Bonchev–Trinajstić information content (AvgIpc) is 3.05. The Morgan fingerprint density at radius 3 is 2.17 bits per heavy atom. The molecule has 0 bridgehead atoms.